The Labute approximate surface area is 113 Å². The van der Waals surface area contributed by atoms with Crippen LogP contribution in [-0.4, -0.2) is 33.6 Å². The Morgan fingerprint density at radius 2 is 2.21 bits per heavy atom. The molecule has 3 aromatic rings. The summed E-state index contributed by atoms with van der Waals surface area (Å²) in [6.07, 6.45) is 2.25. The fraction of sp³-hybridized carbons (Fsp3) is 0.231. The number of nitrogens with zero attached hydrogens (tertiary/aromatic N) is 2. The molecular weight excluding hydrogens is 262 g/mol. The Bertz CT molecular complexity index is 717. The smallest absolute Gasteiger partial charge is 0.276 e. The van der Waals surface area contributed by atoms with Crippen molar-refractivity contribution >= 4 is 22.7 Å². The monoisotopic (exact) mass is 273 g/mol. The lowest BCUT2D eigenvalue weighted by molar-refractivity contribution is 0.424. The number of H-pyrrole nitrogens is 1. The molecule has 4 rings (SSSR count). The Hall–Kier alpha value is -1.79. The number of epoxide rings is 1. The van der Waals surface area contributed by atoms with Crippen molar-refractivity contribution in [3.63, 3.8) is 0 Å². The number of benzene rings is 1. The van der Waals surface area contributed by atoms with Crippen LogP contribution in [0, 0.1) is 0 Å². The minimum atomic E-state index is 0.355. The summed E-state index contributed by atoms with van der Waals surface area (Å²) in [5.74, 6) is 1.42. The molecule has 1 aromatic carbocycles. The molecule has 1 unspecified atom stereocenters. The summed E-state index contributed by atoms with van der Waals surface area (Å²) >= 11 is 1.54. The molecular formula is C13H11N3O2S. The molecule has 3 heterocycles. The maximum Gasteiger partial charge on any atom is 0.276 e. The van der Waals surface area contributed by atoms with Crippen molar-refractivity contribution in [2.75, 3.05) is 12.4 Å². The minimum absolute atomic E-state index is 0.355. The van der Waals surface area contributed by atoms with Crippen LogP contribution in [0.15, 0.2) is 40.1 Å². The van der Waals surface area contributed by atoms with Crippen molar-refractivity contribution in [3.8, 4) is 11.5 Å². The summed E-state index contributed by atoms with van der Waals surface area (Å²) in [6.45, 7) is 0.844. The molecule has 0 aliphatic carbocycles. The van der Waals surface area contributed by atoms with Gasteiger partial charge in [0.1, 0.15) is 0 Å². The van der Waals surface area contributed by atoms with Crippen LogP contribution in [0.2, 0.25) is 0 Å². The van der Waals surface area contributed by atoms with Crippen LogP contribution in [-0.2, 0) is 4.74 Å². The number of rotatable bonds is 4. The van der Waals surface area contributed by atoms with E-state index in [1.807, 2.05) is 30.5 Å². The molecule has 1 saturated heterocycles. The Balaban J connectivity index is 1.64. The van der Waals surface area contributed by atoms with Crippen LogP contribution >= 0.6 is 11.8 Å². The van der Waals surface area contributed by atoms with Crippen LogP contribution in [0.4, 0.5) is 0 Å². The van der Waals surface area contributed by atoms with Gasteiger partial charge in [0.05, 0.1) is 18.3 Å². The summed E-state index contributed by atoms with van der Waals surface area (Å²) in [4.78, 5) is 3.20. The zero-order chi connectivity index (χ0) is 12.7. The van der Waals surface area contributed by atoms with E-state index in [0.29, 0.717) is 17.2 Å². The first-order valence-electron chi connectivity index (χ1n) is 6.04. The van der Waals surface area contributed by atoms with Gasteiger partial charge in [0.25, 0.3) is 11.1 Å². The number of ether oxygens (including phenoxy) is 1. The molecule has 1 aliphatic rings. The molecule has 96 valence electrons. The molecule has 1 aliphatic heterocycles. The van der Waals surface area contributed by atoms with Gasteiger partial charge >= 0.3 is 0 Å². The topological polar surface area (TPSA) is 67.2 Å². The first kappa shape index (κ1) is 11.1. The predicted octanol–water partition coefficient (Wildman–Crippen LogP) is 2.71. The van der Waals surface area contributed by atoms with E-state index in [2.05, 4.69) is 15.2 Å². The first-order chi connectivity index (χ1) is 9.40. The Kier molecular flexibility index (Phi) is 2.56. The zero-order valence-corrected chi connectivity index (χ0v) is 10.8. The Morgan fingerprint density at radius 3 is 3.11 bits per heavy atom. The largest absolute Gasteiger partial charge is 0.411 e. The molecule has 2 aromatic heterocycles. The van der Waals surface area contributed by atoms with Crippen molar-refractivity contribution in [1.29, 1.82) is 0 Å². The third-order valence-corrected chi connectivity index (χ3v) is 3.97. The summed E-state index contributed by atoms with van der Waals surface area (Å²) in [7, 11) is 0. The predicted molar refractivity (Wildman–Crippen MR) is 72.1 cm³/mol. The van der Waals surface area contributed by atoms with Gasteiger partial charge in [-0.15, -0.1) is 10.2 Å². The van der Waals surface area contributed by atoms with Crippen molar-refractivity contribution in [2.24, 2.45) is 0 Å². The van der Waals surface area contributed by atoms with Gasteiger partial charge in [-0.05, 0) is 6.07 Å². The summed E-state index contributed by atoms with van der Waals surface area (Å²) in [6, 6.07) is 8.05. The molecule has 0 saturated carbocycles. The highest BCUT2D eigenvalue weighted by molar-refractivity contribution is 7.99. The van der Waals surface area contributed by atoms with E-state index >= 15 is 0 Å². The number of aromatic nitrogens is 3. The van der Waals surface area contributed by atoms with Gasteiger partial charge in [-0.3, -0.25) is 0 Å². The normalized spacial score (nSPS) is 18.0. The highest BCUT2D eigenvalue weighted by atomic mass is 32.2. The fourth-order valence-electron chi connectivity index (χ4n) is 1.95. The molecule has 6 heteroatoms. The number of thioether (sulfide) groups is 1. The average Bonchev–Trinajstić information content (AvgIpc) is 3.00. The van der Waals surface area contributed by atoms with E-state index in [0.717, 1.165) is 28.8 Å². The van der Waals surface area contributed by atoms with E-state index in [1.54, 1.807) is 0 Å². The second kappa shape index (κ2) is 4.40. The number of hydrogen-bond acceptors (Lipinski definition) is 5. The molecule has 5 nitrogen and oxygen atoms in total. The van der Waals surface area contributed by atoms with Crippen LogP contribution < -0.4 is 0 Å². The van der Waals surface area contributed by atoms with Crippen LogP contribution in [0.1, 0.15) is 0 Å². The number of para-hydroxylation sites is 1. The van der Waals surface area contributed by atoms with Gasteiger partial charge in [-0.2, -0.15) is 0 Å². The van der Waals surface area contributed by atoms with Crippen molar-refractivity contribution in [2.45, 2.75) is 11.3 Å². The standard InChI is InChI=1S/C13H11N3O2S/c1-2-4-11-9(3-1)10(5-14-11)12-15-16-13(18-12)19-7-8-6-17-8/h1-5,8,14H,6-7H2. The van der Waals surface area contributed by atoms with Gasteiger partial charge in [0.15, 0.2) is 0 Å². The molecule has 1 N–H and O–H groups in total. The molecule has 0 spiro atoms. The second-order valence-electron chi connectivity index (χ2n) is 4.39. The van der Waals surface area contributed by atoms with E-state index in [1.165, 1.54) is 11.8 Å². The lowest BCUT2D eigenvalue weighted by Gasteiger charge is -1.92. The van der Waals surface area contributed by atoms with E-state index in [9.17, 15) is 0 Å². The number of aromatic amines is 1. The lowest BCUT2D eigenvalue weighted by atomic mass is 10.2. The fourth-order valence-corrected chi connectivity index (χ4v) is 2.71. The highest BCUT2D eigenvalue weighted by Gasteiger charge is 2.23. The summed E-state index contributed by atoms with van der Waals surface area (Å²) in [5.41, 5.74) is 2.01. The average molecular weight is 273 g/mol. The van der Waals surface area contributed by atoms with E-state index < -0.39 is 0 Å². The van der Waals surface area contributed by atoms with Crippen molar-refractivity contribution in [3.05, 3.63) is 30.5 Å². The summed E-state index contributed by atoms with van der Waals surface area (Å²) < 4.78 is 10.8. The first-order valence-corrected chi connectivity index (χ1v) is 7.03. The van der Waals surface area contributed by atoms with Crippen molar-refractivity contribution < 1.29 is 9.15 Å². The molecule has 1 fully saturated rings. The quantitative estimate of drug-likeness (QED) is 0.584. The zero-order valence-electron chi connectivity index (χ0n) is 10.00. The molecule has 0 radical (unpaired) electrons. The molecule has 1 atom stereocenters. The second-order valence-corrected chi connectivity index (χ2v) is 5.36. The van der Waals surface area contributed by atoms with Gasteiger partial charge in [-0.25, -0.2) is 0 Å². The van der Waals surface area contributed by atoms with E-state index in [4.69, 9.17) is 9.15 Å². The van der Waals surface area contributed by atoms with Gasteiger partial charge in [0.2, 0.25) is 0 Å². The van der Waals surface area contributed by atoms with Crippen LogP contribution in [0.25, 0.3) is 22.4 Å². The molecule has 0 bridgehead atoms. The van der Waals surface area contributed by atoms with Crippen LogP contribution in [0.5, 0.6) is 0 Å². The summed E-state index contributed by atoms with van der Waals surface area (Å²) in [5, 5.41) is 9.85. The maximum absolute atomic E-state index is 5.68. The number of fused-ring (bicyclic) bond motifs is 1. The van der Waals surface area contributed by atoms with Crippen molar-refractivity contribution in [1.82, 2.24) is 15.2 Å². The van der Waals surface area contributed by atoms with Gasteiger partial charge in [0, 0.05) is 22.9 Å². The Morgan fingerprint density at radius 1 is 1.32 bits per heavy atom. The third kappa shape index (κ3) is 2.13. The van der Waals surface area contributed by atoms with Gasteiger partial charge in [-0.1, -0.05) is 30.0 Å². The number of hydrogen-bond donors (Lipinski definition) is 1. The highest BCUT2D eigenvalue weighted by Crippen LogP contribution is 2.30. The maximum atomic E-state index is 5.68. The number of nitrogens with one attached hydrogen (secondary N) is 1. The lowest BCUT2D eigenvalue weighted by Crippen LogP contribution is -1.87. The van der Waals surface area contributed by atoms with Gasteiger partial charge < -0.3 is 14.1 Å². The van der Waals surface area contributed by atoms with E-state index in [-0.39, 0.29) is 0 Å². The third-order valence-electron chi connectivity index (χ3n) is 3.02. The molecule has 0 amide bonds. The SMILES string of the molecule is c1ccc2c(-c3nnc(SCC4CO4)o3)c[nH]c2c1. The molecule has 19 heavy (non-hydrogen) atoms. The minimum Gasteiger partial charge on any atom is -0.411 e. The van der Waals surface area contributed by atoms with Crippen LogP contribution in [0.3, 0.4) is 0 Å².